The lowest BCUT2D eigenvalue weighted by Gasteiger charge is -2.10. The fraction of sp³-hybridized carbons (Fsp3) is 0.200. The average Bonchev–Trinajstić information content (AvgIpc) is 3.15. The van der Waals surface area contributed by atoms with Gasteiger partial charge in [0.25, 0.3) is 0 Å². The van der Waals surface area contributed by atoms with Crippen molar-refractivity contribution >= 4 is 5.96 Å². The molecule has 1 heterocycles. The van der Waals surface area contributed by atoms with Crippen LogP contribution in [0.1, 0.15) is 18.2 Å². The lowest BCUT2D eigenvalue weighted by molar-refractivity contribution is 0.572. The summed E-state index contributed by atoms with van der Waals surface area (Å²) in [7, 11) is 0. The number of halogens is 1. The van der Waals surface area contributed by atoms with E-state index in [1.54, 1.807) is 24.5 Å². The van der Waals surface area contributed by atoms with Crippen molar-refractivity contribution < 1.29 is 8.81 Å². The summed E-state index contributed by atoms with van der Waals surface area (Å²) in [6, 6.07) is 16.4. The largest absolute Gasteiger partial charge is 0.444 e. The van der Waals surface area contributed by atoms with Crippen LogP contribution in [0, 0.1) is 5.82 Å². The lowest BCUT2D eigenvalue weighted by Crippen LogP contribution is -2.36. The summed E-state index contributed by atoms with van der Waals surface area (Å²) in [5.74, 6) is 0.923. The molecule has 0 amide bonds. The van der Waals surface area contributed by atoms with Crippen LogP contribution in [-0.2, 0) is 13.1 Å². The van der Waals surface area contributed by atoms with E-state index in [0.29, 0.717) is 30.5 Å². The summed E-state index contributed by atoms with van der Waals surface area (Å²) >= 11 is 0. The van der Waals surface area contributed by atoms with Crippen molar-refractivity contribution in [3.8, 4) is 11.5 Å². The van der Waals surface area contributed by atoms with Crippen molar-refractivity contribution in [2.75, 3.05) is 6.54 Å². The van der Waals surface area contributed by atoms with E-state index in [-0.39, 0.29) is 12.4 Å². The van der Waals surface area contributed by atoms with Gasteiger partial charge in [0.05, 0.1) is 18.8 Å². The van der Waals surface area contributed by atoms with Crippen LogP contribution in [0.5, 0.6) is 0 Å². The summed E-state index contributed by atoms with van der Waals surface area (Å²) in [6.07, 6.45) is 1.62. The highest BCUT2D eigenvalue weighted by Gasteiger charge is 2.07. The first kappa shape index (κ1) is 17.7. The number of hydrogen-bond donors (Lipinski definition) is 2. The molecule has 0 fully saturated rings. The van der Waals surface area contributed by atoms with E-state index in [9.17, 15) is 4.39 Å². The van der Waals surface area contributed by atoms with Gasteiger partial charge in [-0.25, -0.2) is 14.4 Å². The third-order valence-electron chi connectivity index (χ3n) is 3.72. The van der Waals surface area contributed by atoms with Gasteiger partial charge in [-0.3, -0.25) is 0 Å². The minimum Gasteiger partial charge on any atom is -0.444 e. The van der Waals surface area contributed by atoms with Crippen LogP contribution in [0.15, 0.2) is 70.3 Å². The quantitative estimate of drug-likeness (QED) is 0.524. The van der Waals surface area contributed by atoms with Gasteiger partial charge in [-0.2, -0.15) is 0 Å². The van der Waals surface area contributed by atoms with Crippen molar-refractivity contribution in [3.05, 3.63) is 77.9 Å². The summed E-state index contributed by atoms with van der Waals surface area (Å²) in [5, 5.41) is 6.32. The number of rotatable bonds is 6. The van der Waals surface area contributed by atoms with Gasteiger partial charge in [0, 0.05) is 17.7 Å². The summed E-state index contributed by atoms with van der Waals surface area (Å²) in [5.41, 5.74) is 2.25. The molecule has 0 aliphatic carbocycles. The second-order valence-electron chi connectivity index (χ2n) is 5.65. The van der Waals surface area contributed by atoms with Crippen LogP contribution >= 0.6 is 0 Å². The first-order chi connectivity index (χ1) is 12.8. The van der Waals surface area contributed by atoms with Crippen LogP contribution in [0.4, 0.5) is 4.39 Å². The maximum absolute atomic E-state index is 13.7. The first-order valence-corrected chi connectivity index (χ1v) is 8.51. The molecule has 3 rings (SSSR count). The zero-order chi connectivity index (χ0) is 18.2. The zero-order valence-electron chi connectivity index (χ0n) is 14.6. The Morgan fingerprint density at radius 3 is 2.62 bits per heavy atom. The predicted octanol–water partition coefficient (Wildman–Crippen LogP) is 3.74. The van der Waals surface area contributed by atoms with E-state index < -0.39 is 0 Å². The van der Waals surface area contributed by atoms with E-state index in [0.717, 1.165) is 11.3 Å². The molecule has 0 saturated heterocycles. The molecule has 2 aromatic carbocycles. The molecule has 6 heteroatoms. The smallest absolute Gasteiger partial charge is 0.226 e. The van der Waals surface area contributed by atoms with E-state index in [1.165, 1.54) is 6.07 Å². The van der Waals surface area contributed by atoms with Gasteiger partial charge in [0.1, 0.15) is 12.1 Å². The number of guanidine groups is 1. The molecule has 26 heavy (non-hydrogen) atoms. The number of benzene rings is 2. The maximum atomic E-state index is 13.7. The molecule has 0 aliphatic heterocycles. The van der Waals surface area contributed by atoms with Crippen LogP contribution in [-0.4, -0.2) is 17.5 Å². The molecule has 5 nitrogen and oxygen atoms in total. The van der Waals surface area contributed by atoms with Crippen molar-refractivity contribution in [3.63, 3.8) is 0 Å². The van der Waals surface area contributed by atoms with E-state index in [4.69, 9.17) is 4.42 Å². The van der Waals surface area contributed by atoms with E-state index in [1.807, 2.05) is 37.3 Å². The molecule has 0 unspecified atom stereocenters. The van der Waals surface area contributed by atoms with Gasteiger partial charge >= 0.3 is 0 Å². The lowest BCUT2D eigenvalue weighted by atomic mass is 10.2. The molecule has 0 bridgehead atoms. The molecule has 0 radical (unpaired) electrons. The van der Waals surface area contributed by atoms with Gasteiger partial charge in [-0.15, -0.1) is 0 Å². The molecule has 2 N–H and O–H groups in total. The van der Waals surface area contributed by atoms with E-state index in [2.05, 4.69) is 20.6 Å². The van der Waals surface area contributed by atoms with Crippen LogP contribution in [0.2, 0.25) is 0 Å². The SMILES string of the molecule is CCNC(=NCc1ccccc1F)NCc1coc(-c2ccccc2)n1. The Morgan fingerprint density at radius 1 is 1.08 bits per heavy atom. The minimum atomic E-state index is -0.254. The topological polar surface area (TPSA) is 62.5 Å². The summed E-state index contributed by atoms with van der Waals surface area (Å²) < 4.78 is 19.2. The number of nitrogens with zero attached hydrogens (tertiary/aromatic N) is 2. The van der Waals surface area contributed by atoms with Gasteiger partial charge in [-0.05, 0) is 25.1 Å². The van der Waals surface area contributed by atoms with E-state index >= 15 is 0 Å². The highest BCUT2D eigenvalue weighted by atomic mass is 19.1. The second-order valence-corrected chi connectivity index (χ2v) is 5.65. The average molecular weight is 352 g/mol. The molecule has 1 aromatic heterocycles. The summed E-state index contributed by atoms with van der Waals surface area (Å²) in [6.45, 7) is 3.40. The highest BCUT2D eigenvalue weighted by Crippen LogP contribution is 2.17. The number of aromatic nitrogens is 1. The number of aliphatic imine (C=N–C) groups is 1. The molecule has 0 saturated carbocycles. The second kappa shape index (κ2) is 8.80. The third-order valence-corrected chi connectivity index (χ3v) is 3.72. The Balaban J connectivity index is 1.63. The maximum Gasteiger partial charge on any atom is 0.226 e. The number of hydrogen-bond acceptors (Lipinski definition) is 3. The fourth-order valence-electron chi connectivity index (χ4n) is 2.41. The Morgan fingerprint density at radius 2 is 1.85 bits per heavy atom. The monoisotopic (exact) mass is 352 g/mol. The molecular formula is C20H21FN4O. The highest BCUT2D eigenvalue weighted by molar-refractivity contribution is 5.79. The van der Waals surface area contributed by atoms with Gasteiger partial charge < -0.3 is 15.1 Å². The van der Waals surface area contributed by atoms with Crippen LogP contribution in [0.3, 0.4) is 0 Å². The molecule has 0 spiro atoms. The van der Waals surface area contributed by atoms with Crippen molar-refractivity contribution in [1.82, 2.24) is 15.6 Å². The molecular weight excluding hydrogens is 331 g/mol. The Kier molecular flexibility index (Phi) is 5.98. The minimum absolute atomic E-state index is 0.254. The third kappa shape index (κ3) is 4.69. The first-order valence-electron chi connectivity index (χ1n) is 8.51. The normalized spacial score (nSPS) is 11.4. The summed E-state index contributed by atoms with van der Waals surface area (Å²) in [4.78, 5) is 8.89. The Hall–Kier alpha value is -3.15. The fourth-order valence-corrected chi connectivity index (χ4v) is 2.41. The predicted molar refractivity (Wildman–Crippen MR) is 100.0 cm³/mol. The number of nitrogens with one attached hydrogen (secondary N) is 2. The van der Waals surface area contributed by atoms with Gasteiger partial charge in [0.2, 0.25) is 5.89 Å². The Labute approximate surface area is 152 Å². The molecule has 3 aromatic rings. The molecule has 134 valence electrons. The Bertz CT molecular complexity index is 861. The van der Waals surface area contributed by atoms with Gasteiger partial charge in [-0.1, -0.05) is 36.4 Å². The van der Waals surface area contributed by atoms with Crippen molar-refractivity contribution in [1.29, 1.82) is 0 Å². The molecule has 0 atom stereocenters. The van der Waals surface area contributed by atoms with Crippen molar-refractivity contribution in [2.24, 2.45) is 4.99 Å². The van der Waals surface area contributed by atoms with Crippen molar-refractivity contribution in [2.45, 2.75) is 20.0 Å². The standard InChI is InChI=1S/C20H21FN4O/c1-2-22-20(23-12-16-10-6-7-11-18(16)21)24-13-17-14-26-19(25-17)15-8-4-3-5-9-15/h3-11,14H,2,12-13H2,1H3,(H2,22,23,24). The van der Waals surface area contributed by atoms with Gasteiger partial charge in [0.15, 0.2) is 5.96 Å². The van der Waals surface area contributed by atoms with Crippen LogP contribution < -0.4 is 10.6 Å². The van der Waals surface area contributed by atoms with Crippen LogP contribution in [0.25, 0.3) is 11.5 Å². The number of oxazole rings is 1. The zero-order valence-corrected chi connectivity index (χ0v) is 14.6. The molecule has 0 aliphatic rings.